The Kier molecular flexibility index (Phi) is 10.1. The van der Waals surface area contributed by atoms with Gasteiger partial charge < -0.3 is 28.9 Å². The number of likely N-dealkylation sites (N-methyl/N-ethyl adjacent to an activating group) is 1. The van der Waals surface area contributed by atoms with Gasteiger partial charge in [0, 0.05) is 48.1 Å². The predicted octanol–water partition coefficient (Wildman–Crippen LogP) is 5.85. The second-order valence-corrected chi connectivity index (χ2v) is 13.3. The Morgan fingerprint density at radius 2 is 1.57 bits per heavy atom. The van der Waals surface area contributed by atoms with E-state index in [0.717, 1.165) is 61.0 Å². The molecule has 0 radical (unpaired) electrons. The number of piperazine rings is 1. The summed E-state index contributed by atoms with van der Waals surface area (Å²) in [5, 5.41) is 5.37. The number of anilines is 2. The molecule has 250 valence electrons. The second kappa shape index (κ2) is 14.3. The Morgan fingerprint density at radius 3 is 2.17 bits per heavy atom. The van der Waals surface area contributed by atoms with Gasteiger partial charge in [-0.1, -0.05) is 36.2 Å². The zero-order valence-electron chi connectivity index (χ0n) is 27.3. The first-order valence-corrected chi connectivity index (χ1v) is 16.8. The van der Waals surface area contributed by atoms with E-state index >= 15 is 0 Å². The quantitative estimate of drug-likeness (QED) is 0.195. The lowest BCUT2D eigenvalue weighted by Gasteiger charge is -2.37. The normalized spacial score (nSPS) is 20.6. The molecule has 0 bridgehead atoms. The molecule has 2 fully saturated rings. The van der Waals surface area contributed by atoms with Gasteiger partial charge in [0.25, 0.3) is 0 Å². The van der Waals surface area contributed by atoms with E-state index in [1.807, 2.05) is 56.3 Å². The molecule has 0 aliphatic carbocycles. The average Bonchev–Trinajstić information content (AvgIpc) is 3.67. The summed E-state index contributed by atoms with van der Waals surface area (Å²) in [4.78, 5) is 19.6. The molecular formula is C35H42Cl2N6O4. The zero-order valence-corrected chi connectivity index (χ0v) is 28.8. The van der Waals surface area contributed by atoms with Crippen LogP contribution in [0, 0.1) is 0 Å². The SMILES string of the molecule is CCC(C)n1ncn(-c2ccc(N3CCN(c4ccc(OC[C@@H]5CO[C@@](CN(C)C)(c6ccc(Cl)cc6Cl)O5)cc4)CC3)cc2)c1=O. The number of halogens is 2. The maximum absolute atomic E-state index is 12.8. The van der Waals surface area contributed by atoms with E-state index in [4.69, 9.17) is 37.4 Å². The molecular weight excluding hydrogens is 639 g/mol. The van der Waals surface area contributed by atoms with Gasteiger partial charge in [-0.15, -0.1) is 0 Å². The third-order valence-electron chi connectivity index (χ3n) is 8.84. The van der Waals surface area contributed by atoms with Crippen molar-refractivity contribution in [2.24, 2.45) is 0 Å². The maximum Gasteiger partial charge on any atom is 0.350 e. The van der Waals surface area contributed by atoms with Gasteiger partial charge in [0.05, 0.1) is 29.9 Å². The molecule has 3 atom stereocenters. The molecule has 4 aromatic rings. The third kappa shape index (κ3) is 7.32. The molecule has 12 heteroatoms. The van der Waals surface area contributed by atoms with E-state index in [9.17, 15) is 4.79 Å². The van der Waals surface area contributed by atoms with Crippen LogP contribution in [0.5, 0.6) is 5.75 Å². The molecule has 0 saturated carbocycles. The fraction of sp³-hybridized carbons (Fsp3) is 0.429. The van der Waals surface area contributed by atoms with Crippen LogP contribution in [-0.2, 0) is 15.3 Å². The van der Waals surface area contributed by atoms with Crippen molar-refractivity contribution in [3.05, 3.63) is 99.2 Å². The van der Waals surface area contributed by atoms with Crippen molar-refractivity contribution in [3.63, 3.8) is 0 Å². The lowest BCUT2D eigenvalue weighted by Crippen LogP contribution is -2.46. The van der Waals surface area contributed by atoms with Crippen molar-refractivity contribution >= 4 is 34.6 Å². The molecule has 1 aromatic heterocycles. The second-order valence-electron chi connectivity index (χ2n) is 12.4. The summed E-state index contributed by atoms with van der Waals surface area (Å²) in [5.74, 6) is -0.219. The van der Waals surface area contributed by atoms with Crippen molar-refractivity contribution < 1.29 is 14.2 Å². The Morgan fingerprint density at radius 1 is 0.957 bits per heavy atom. The van der Waals surface area contributed by atoms with Crippen LogP contribution < -0.4 is 20.2 Å². The van der Waals surface area contributed by atoms with Crippen LogP contribution in [0.3, 0.4) is 0 Å². The predicted molar refractivity (Wildman–Crippen MR) is 187 cm³/mol. The molecule has 3 heterocycles. The van der Waals surface area contributed by atoms with Gasteiger partial charge in [-0.25, -0.2) is 14.0 Å². The Bertz CT molecular complexity index is 1700. The van der Waals surface area contributed by atoms with Crippen LogP contribution in [-0.4, -0.2) is 85.4 Å². The van der Waals surface area contributed by atoms with E-state index in [1.165, 1.54) is 0 Å². The third-order valence-corrected chi connectivity index (χ3v) is 9.39. The summed E-state index contributed by atoms with van der Waals surface area (Å²) in [7, 11) is 3.94. The number of aromatic nitrogens is 3. The monoisotopic (exact) mass is 680 g/mol. The molecule has 10 nitrogen and oxygen atoms in total. The summed E-state index contributed by atoms with van der Waals surface area (Å²) < 4.78 is 22.0. The molecule has 3 aromatic carbocycles. The van der Waals surface area contributed by atoms with Gasteiger partial charge in [0.1, 0.15) is 24.8 Å². The molecule has 6 rings (SSSR count). The molecule has 2 aliphatic rings. The van der Waals surface area contributed by atoms with Crippen molar-refractivity contribution in [2.75, 3.05) is 69.8 Å². The lowest BCUT2D eigenvalue weighted by molar-refractivity contribution is -0.187. The molecule has 47 heavy (non-hydrogen) atoms. The molecule has 2 aliphatic heterocycles. The van der Waals surface area contributed by atoms with Gasteiger partial charge in [0.15, 0.2) is 0 Å². The first-order valence-electron chi connectivity index (χ1n) is 16.1. The first-order chi connectivity index (χ1) is 22.7. The van der Waals surface area contributed by atoms with Crippen molar-refractivity contribution in [3.8, 4) is 11.4 Å². The van der Waals surface area contributed by atoms with Crippen molar-refractivity contribution in [2.45, 2.75) is 38.2 Å². The van der Waals surface area contributed by atoms with Crippen LogP contribution in [0.25, 0.3) is 5.69 Å². The fourth-order valence-electron chi connectivity index (χ4n) is 6.13. The standard InChI is InChI=1S/C35H42Cl2N6O4/c1-5-25(2)43-34(44)42(24-38-43)29-9-7-27(8-10-29)40-16-18-41(19-17-40)28-11-13-30(14-12-28)45-21-31-22-46-35(47-31,23-39(3)4)32-15-6-26(36)20-33(32)37/h6-15,20,24-25,31H,5,16-19,21-23H2,1-4H3/t25?,31-,35-/m1/s1. The minimum atomic E-state index is -0.996. The zero-order chi connectivity index (χ0) is 33.1. The van der Waals surface area contributed by atoms with Gasteiger partial charge in [-0.3, -0.25) is 0 Å². The maximum atomic E-state index is 12.8. The van der Waals surface area contributed by atoms with Gasteiger partial charge in [0.2, 0.25) is 5.79 Å². The topological polar surface area (TPSA) is 77.2 Å². The van der Waals surface area contributed by atoms with Gasteiger partial charge >= 0.3 is 5.69 Å². The summed E-state index contributed by atoms with van der Waals surface area (Å²) in [5.41, 5.74) is 3.77. The number of nitrogens with zero attached hydrogens (tertiary/aromatic N) is 6. The van der Waals surface area contributed by atoms with E-state index < -0.39 is 5.79 Å². The minimum absolute atomic E-state index is 0.0699. The van der Waals surface area contributed by atoms with E-state index in [0.29, 0.717) is 29.8 Å². The van der Waals surface area contributed by atoms with Gasteiger partial charge in [-0.2, -0.15) is 5.10 Å². The number of rotatable bonds is 11. The number of benzene rings is 3. The Hall–Kier alpha value is -3.54. The van der Waals surface area contributed by atoms with E-state index in [2.05, 4.69) is 46.1 Å². The number of hydrogen-bond acceptors (Lipinski definition) is 8. The van der Waals surface area contributed by atoms with E-state index in [-0.39, 0.29) is 17.8 Å². The molecule has 0 amide bonds. The highest BCUT2D eigenvalue weighted by Crippen LogP contribution is 2.40. The number of ether oxygens (including phenoxy) is 3. The lowest BCUT2D eigenvalue weighted by atomic mass is 10.1. The smallest absolute Gasteiger partial charge is 0.350 e. The van der Waals surface area contributed by atoms with Crippen molar-refractivity contribution in [1.29, 1.82) is 0 Å². The summed E-state index contributed by atoms with van der Waals surface area (Å²) in [6.07, 6.45) is 2.20. The molecule has 1 unspecified atom stereocenters. The molecule has 0 spiro atoms. The molecule has 0 N–H and O–H groups in total. The largest absolute Gasteiger partial charge is 0.491 e. The summed E-state index contributed by atoms with van der Waals surface area (Å²) in [6, 6.07) is 21.8. The Balaban J connectivity index is 1.01. The average molecular weight is 682 g/mol. The number of hydrogen-bond donors (Lipinski definition) is 0. The highest BCUT2D eigenvalue weighted by Gasteiger charge is 2.45. The highest BCUT2D eigenvalue weighted by molar-refractivity contribution is 6.35. The highest BCUT2D eigenvalue weighted by atomic mass is 35.5. The minimum Gasteiger partial charge on any atom is -0.491 e. The van der Waals surface area contributed by atoms with E-state index in [1.54, 1.807) is 27.7 Å². The van der Waals surface area contributed by atoms with Crippen LogP contribution >= 0.6 is 23.2 Å². The van der Waals surface area contributed by atoms with Crippen molar-refractivity contribution in [1.82, 2.24) is 19.2 Å². The molecule has 2 saturated heterocycles. The summed E-state index contributed by atoms with van der Waals surface area (Å²) >= 11 is 12.7. The fourth-order valence-corrected chi connectivity index (χ4v) is 6.68. The summed E-state index contributed by atoms with van der Waals surface area (Å²) in [6.45, 7) is 8.90. The van der Waals surface area contributed by atoms with Crippen LogP contribution in [0.4, 0.5) is 11.4 Å². The Labute approximate surface area is 285 Å². The van der Waals surface area contributed by atoms with Crippen LogP contribution in [0.2, 0.25) is 10.0 Å². The van der Waals surface area contributed by atoms with Crippen LogP contribution in [0.1, 0.15) is 31.9 Å². The van der Waals surface area contributed by atoms with Gasteiger partial charge in [-0.05, 0) is 88.1 Å². The first kappa shape index (κ1) is 33.4. The van der Waals surface area contributed by atoms with Crippen LogP contribution in [0.15, 0.2) is 77.9 Å².